The molecule has 0 spiro atoms. The first kappa shape index (κ1) is 16.4. The number of anilines is 3. The van der Waals surface area contributed by atoms with Crippen molar-refractivity contribution in [1.82, 2.24) is 15.3 Å². The number of carbonyl (C=O) groups excluding carboxylic acids is 3. The lowest BCUT2D eigenvalue weighted by Gasteiger charge is -2.16. The summed E-state index contributed by atoms with van der Waals surface area (Å²) in [5.41, 5.74) is 5.37. The van der Waals surface area contributed by atoms with Crippen LogP contribution in [0.2, 0.25) is 0 Å². The Labute approximate surface area is 143 Å². The monoisotopic (exact) mass is 340 g/mol. The molecular weight excluding hydrogens is 324 g/mol. The van der Waals surface area contributed by atoms with E-state index in [0.29, 0.717) is 11.4 Å². The maximum absolute atomic E-state index is 12.4. The van der Waals surface area contributed by atoms with Gasteiger partial charge < -0.3 is 16.4 Å². The molecule has 1 fully saturated rings. The Morgan fingerprint density at radius 2 is 1.96 bits per heavy atom. The number of nitrogens with zero attached hydrogens (tertiary/aromatic N) is 3. The van der Waals surface area contributed by atoms with Gasteiger partial charge >= 0.3 is 6.03 Å². The molecule has 1 aliphatic heterocycles. The standard InChI is InChI=1S/C16H16N6O3/c1-16(2)14(24)22(15(25)21-16)10-5-3-4-9(8-10)20-13(23)11-12(17)19-7-6-18-11/h3-8H,1-2H3,(H2,17,19)(H,20,23)(H,21,25). The minimum Gasteiger partial charge on any atom is -0.382 e. The van der Waals surface area contributed by atoms with E-state index in [9.17, 15) is 14.4 Å². The molecule has 1 aliphatic rings. The van der Waals surface area contributed by atoms with Gasteiger partial charge in [0.2, 0.25) is 0 Å². The van der Waals surface area contributed by atoms with Crippen LogP contribution >= 0.6 is 0 Å². The number of nitrogens with one attached hydrogen (secondary N) is 2. The summed E-state index contributed by atoms with van der Waals surface area (Å²) in [5, 5.41) is 5.22. The van der Waals surface area contributed by atoms with Crippen molar-refractivity contribution in [3.8, 4) is 0 Å². The van der Waals surface area contributed by atoms with Gasteiger partial charge in [0, 0.05) is 18.1 Å². The highest BCUT2D eigenvalue weighted by atomic mass is 16.2. The van der Waals surface area contributed by atoms with Crippen molar-refractivity contribution in [3.05, 3.63) is 42.4 Å². The van der Waals surface area contributed by atoms with Crippen LogP contribution in [0.5, 0.6) is 0 Å². The number of hydrogen-bond acceptors (Lipinski definition) is 6. The van der Waals surface area contributed by atoms with Gasteiger partial charge in [-0.15, -0.1) is 0 Å². The minimum atomic E-state index is -0.982. The van der Waals surface area contributed by atoms with Crippen molar-refractivity contribution >= 4 is 35.0 Å². The molecule has 2 aromatic rings. The smallest absolute Gasteiger partial charge is 0.329 e. The van der Waals surface area contributed by atoms with Crippen LogP contribution < -0.4 is 21.3 Å². The summed E-state index contributed by atoms with van der Waals surface area (Å²) in [6, 6.07) is 5.85. The molecular formula is C16H16N6O3. The van der Waals surface area contributed by atoms with Crippen molar-refractivity contribution in [2.45, 2.75) is 19.4 Å². The van der Waals surface area contributed by atoms with Crippen LogP contribution in [0.15, 0.2) is 36.7 Å². The lowest BCUT2D eigenvalue weighted by molar-refractivity contribution is -0.121. The number of hydrogen-bond donors (Lipinski definition) is 3. The van der Waals surface area contributed by atoms with E-state index >= 15 is 0 Å². The van der Waals surface area contributed by atoms with Gasteiger partial charge in [-0.1, -0.05) is 6.07 Å². The van der Waals surface area contributed by atoms with E-state index in [1.165, 1.54) is 18.5 Å². The average molecular weight is 340 g/mol. The molecule has 9 heteroatoms. The Morgan fingerprint density at radius 1 is 1.24 bits per heavy atom. The second-order valence-corrected chi connectivity index (χ2v) is 5.99. The van der Waals surface area contributed by atoms with Gasteiger partial charge in [0.25, 0.3) is 11.8 Å². The summed E-state index contributed by atoms with van der Waals surface area (Å²) in [6.07, 6.45) is 2.74. The van der Waals surface area contributed by atoms with Gasteiger partial charge in [-0.05, 0) is 32.0 Å². The topological polar surface area (TPSA) is 130 Å². The molecule has 1 saturated heterocycles. The summed E-state index contributed by atoms with van der Waals surface area (Å²) in [5.74, 6) is -0.911. The number of carbonyl (C=O) groups is 3. The van der Waals surface area contributed by atoms with E-state index in [0.717, 1.165) is 4.90 Å². The number of nitrogen functional groups attached to an aromatic ring is 1. The molecule has 4 amide bonds. The summed E-state index contributed by atoms with van der Waals surface area (Å²) in [6.45, 7) is 3.24. The van der Waals surface area contributed by atoms with E-state index in [2.05, 4.69) is 20.6 Å². The summed E-state index contributed by atoms with van der Waals surface area (Å²) in [7, 11) is 0. The Morgan fingerprint density at radius 3 is 2.60 bits per heavy atom. The number of imide groups is 1. The van der Waals surface area contributed by atoms with Crippen LogP contribution in [0, 0.1) is 0 Å². The molecule has 0 atom stereocenters. The molecule has 1 aromatic heterocycles. The van der Waals surface area contributed by atoms with Crippen molar-refractivity contribution in [2.24, 2.45) is 0 Å². The van der Waals surface area contributed by atoms with Crippen molar-refractivity contribution < 1.29 is 14.4 Å². The van der Waals surface area contributed by atoms with Crippen LogP contribution in [0.4, 0.5) is 22.0 Å². The lowest BCUT2D eigenvalue weighted by Crippen LogP contribution is -2.40. The second kappa shape index (κ2) is 5.86. The third-order valence-electron chi connectivity index (χ3n) is 3.66. The van der Waals surface area contributed by atoms with Gasteiger partial charge in [-0.3, -0.25) is 9.59 Å². The maximum Gasteiger partial charge on any atom is 0.329 e. The quantitative estimate of drug-likeness (QED) is 0.718. The molecule has 1 aromatic carbocycles. The maximum atomic E-state index is 12.4. The average Bonchev–Trinajstić information content (AvgIpc) is 2.75. The van der Waals surface area contributed by atoms with Crippen LogP contribution in [-0.2, 0) is 4.79 Å². The number of benzene rings is 1. The summed E-state index contributed by atoms with van der Waals surface area (Å²) < 4.78 is 0. The fraction of sp³-hybridized carbons (Fsp3) is 0.188. The predicted octanol–water partition coefficient (Wildman–Crippen LogP) is 1.15. The number of amides is 4. The largest absolute Gasteiger partial charge is 0.382 e. The highest BCUT2D eigenvalue weighted by Crippen LogP contribution is 2.26. The van der Waals surface area contributed by atoms with Gasteiger partial charge in [0.15, 0.2) is 11.5 Å². The zero-order valence-corrected chi connectivity index (χ0v) is 13.6. The Bertz CT molecular complexity index is 880. The zero-order chi connectivity index (χ0) is 18.2. The molecule has 0 bridgehead atoms. The first-order valence-electron chi connectivity index (χ1n) is 7.44. The number of nitrogens with two attached hydrogens (primary N) is 1. The second-order valence-electron chi connectivity index (χ2n) is 5.99. The number of urea groups is 1. The van der Waals surface area contributed by atoms with E-state index in [-0.39, 0.29) is 17.4 Å². The van der Waals surface area contributed by atoms with E-state index in [4.69, 9.17) is 5.73 Å². The van der Waals surface area contributed by atoms with E-state index in [1.54, 1.807) is 32.0 Å². The van der Waals surface area contributed by atoms with Crippen LogP contribution in [0.1, 0.15) is 24.3 Å². The SMILES string of the molecule is CC1(C)NC(=O)N(c2cccc(NC(=O)c3nccnc3N)c2)C1=O. The van der Waals surface area contributed by atoms with E-state index in [1.807, 2.05) is 0 Å². The minimum absolute atomic E-state index is 0.00648. The molecule has 4 N–H and O–H groups in total. The fourth-order valence-electron chi connectivity index (χ4n) is 2.42. The number of aromatic nitrogens is 2. The molecule has 128 valence electrons. The number of rotatable bonds is 3. The van der Waals surface area contributed by atoms with E-state index < -0.39 is 17.5 Å². The lowest BCUT2D eigenvalue weighted by atomic mass is 10.1. The summed E-state index contributed by atoms with van der Waals surface area (Å²) in [4.78, 5) is 45.4. The van der Waals surface area contributed by atoms with Crippen LogP contribution in [0.25, 0.3) is 0 Å². The highest BCUT2D eigenvalue weighted by molar-refractivity contribution is 6.23. The molecule has 3 rings (SSSR count). The highest BCUT2D eigenvalue weighted by Gasteiger charge is 2.45. The molecule has 0 saturated carbocycles. The Balaban J connectivity index is 1.86. The van der Waals surface area contributed by atoms with Gasteiger partial charge in [-0.2, -0.15) is 0 Å². The van der Waals surface area contributed by atoms with Crippen LogP contribution in [-0.4, -0.2) is 33.4 Å². The van der Waals surface area contributed by atoms with Gasteiger partial charge in [0.05, 0.1) is 5.69 Å². The first-order valence-corrected chi connectivity index (χ1v) is 7.44. The van der Waals surface area contributed by atoms with Crippen molar-refractivity contribution in [3.63, 3.8) is 0 Å². The van der Waals surface area contributed by atoms with Crippen molar-refractivity contribution in [2.75, 3.05) is 16.0 Å². The van der Waals surface area contributed by atoms with Crippen molar-refractivity contribution in [1.29, 1.82) is 0 Å². The van der Waals surface area contributed by atoms with Crippen LogP contribution in [0.3, 0.4) is 0 Å². The molecule has 0 aliphatic carbocycles. The predicted molar refractivity (Wildman–Crippen MR) is 90.9 cm³/mol. The third kappa shape index (κ3) is 2.99. The van der Waals surface area contributed by atoms with Gasteiger partial charge in [-0.25, -0.2) is 19.7 Å². The molecule has 0 radical (unpaired) electrons. The third-order valence-corrected chi connectivity index (χ3v) is 3.66. The molecule has 0 unspecified atom stereocenters. The summed E-state index contributed by atoms with van der Waals surface area (Å²) >= 11 is 0. The molecule has 9 nitrogen and oxygen atoms in total. The normalized spacial score (nSPS) is 15.8. The molecule has 25 heavy (non-hydrogen) atoms. The fourth-order valence-corrected chi connectivity index (χ4v) is 2.42. The van der Waals surface area contributed by atoms with Gasteiger partial charge in [0.1, 0.15) is 5.54 Å². The zero-order valence-electron chi connectivity index (χ0n) is 13.6. The first-order chi connectivity index (χ1) is 11.8. The Kier molecular flexibility index (Phi) is 3.84. The Hall–Kier alpha value is -3.49. The molecule has 2 heterocycles.